The maximum atomic E-state index is 12.5. The predicted molar refractivity (Wildman–Crippen MR) is 138 cm³/mol. The van der Waals surface area contributed by atoms with E-state index in [0.717, 1.165) is 47.5 Å². The summed E-state index contributed by atoms with van der Waals surface area (Å²) in [7, 11) is 0. The van der Waals surface area contributed by atoms with Gasteiger partial charge in [0.15, 0.2) is 5.17 Å². The molecular formula is C26H33N5OS. The molecule has 1 fully saturated rings. The van der Waals surface area contributed by atoms with Gasteiger partial charge in [-0.05, 0) is 70.1 Å². The molecule has 0 aliphatic carbocycles. The van der Waals surface area contributed by atoms with Gasteiger partial charge in [-0.2, -0.15) is 4.99 Å². The monoisotopic (exact) mass is 463 g/mol. The molecule has 2 aromatic rings. The van der Waals surface area contributed by atoms with Crippen molar-refractivity contribution >= 4 is 34.5 Å². The third-order valence-electron chi connectivity index (χ3n) is 7.01. The van der Waals surface area contributed by atoms with Gasteiger partial charge in [0, 0.05) is 19.0 Å². The number of amides is 1. The van der Waals surface area contributed by atoms with Crippen molar-refractivity contribution in [2.75, 3.05) is 25.9 Å². The van der Waals surface area contributed by atoms with Gasteiger partial charge in [-0.15, -0.1) is 0 Å². The summed E-state index contributed by atoms with van der Waals surface area (Å²) < 4.78 is 2.38. The van der Waals surface area contributed by atoms with E-state index in [1.807, 2.05) is 0 Å². The van der Waals surface area contributed by atoms with Crippen LogP contribution < -0.4 is 0 Å². The summed E-state index contributed by atoms with van der Waals surface area (Å²) in [6.45, 7) is 8.70. The summed E-state index contributed by atoms with van der Waals surface area (Å²) in [5.41, 5.74) is 4.55. The molecule has 0 N–H and O–H groups in total. The van der Waals surface area contributed by atoms with E-state index in [-0.39, 0.29) is 11.9 Å². The third-order valence-corrected chi connectivity index (χ3v) is 7.67. The van der Waals surface area contributed by atoms with Crippen LogP contribution in [0, 0.1) is 6.92 Å². The molecule has 1 aromatic carbocycles. The third kappa shape index (κ3) is 4.17. The summed E-state index contributed by atoms with van der Waals surface area (Å²) in [6.07, 6.45) is 7.56. The van der Waals surface area contributed by atoms with Gasteiger partial charge in [0.25, 0.3) is 0 Å². The number of carbonyl (C=O) groups excluding carboxylic acids is 1. The first-order valence-corrected chi connectivity index (χ1v) is 13.4. The number of fused-ring (bicyclic) bond motifs is 3. The Labute approximate surface area is 200 Å². The predicted octanol–water partition coefficient (Wildman–Crippen LogP) is 5.07. The highest BCUT2D eigenvalue weighted by Gasteiger charge is 2.38. The van der Waals surface area contributed by atoms with Crippen molar-refractivity contribution in [1.82, 2.24) is 14.4 Å². The minimum absolute atomic E-state index is 0.0411. The maximum Gasteiger partial charge on any atom is 0.249 e. The largest absolute Gasteiger partial charge is 0.325 e. The Balaban J connectivity index is 1.60. The number of thioether (sulfide) groups is 1. The van der Waals surface area contributed by atoms with Crippen LogP contribution in [-0.2, 0) is 11.3 Å². The molecule has 4 heterocycles. The van der Waals surface area contributed by atoms with Gasteiger partial charge in [0.1, 0.15) is 11.7 Å². The van der Waals surface area contributed by atoms with E-state index in [9.17, 15) is 4.79 Å². The number of benzene rings is 1. The SMILES string of the molecule is CSC1=Nc2c(c(C)c(-c3ccccc3)n2CCCN2CCCCC2)C2=NC(=O)CC(C)N12. The lowest BCUT2D eigenvalue weighted by Gasteiger charge is -2.37. The zero-order chi connectivity index (χ0) is 22.9. The van der Waals surface area contributed by atoms with Crippen molar-refractivity contribution in [3.8, 4) is 11.3 Å². The van der Waals surface area contributed by atoms with Crippen LogP contribution in [0.1, 0.15) is 50.2 Å². The summed E-state index contributed by atoms with van der Waals surface area (Å²) in [5.74, 6) is 1.68. The van der Waals surface area contributed by atoms with Crippen LogP contribution in [-0.4, -0.2) is 63.2 Å². The van der Waals surface area contributed by atoms with Crippen LogP contribution in [0.2, 0.25) is 0 Å². The number of aromatic nitrogens is 1. The lowest BCUT2D eigenvalue weighted by Crippen LogP contribution is -2.48. The Morgan fingerprint density at radius 2 is 1.82 bits per heavy atom. The Morgan fingerprint density at radius 3 is 2.55 bits per heavy atom. The molecule has 1 atom stereocenters. The number of likely N-dealkylation sites (tertiary alicyclic amines) is 1. The van der Waals surface area contributed by atoms with Crippen LogP contribution in [0.15, 0.2) is 40.3 Å². The fraction of sp³-hybridized carbons (Fsp3) is 0.500. The fourth-order valence-corrected chi connectivity index (χ4v) is 6.09. The zero-order valence-corrected chi connectivity index (χ0v) is 20.7. The molecule has 0 radical (unpaired) electrons. The molecule has 1 aromatic heterocycles. The first-order valence-electron chi connectivity index (χ1n) is 12.1. The highest BCUT2D eigenvalue weighted by Crippen LogP contribution is 2.42. The van der Waals surface area contributed by atoms with Crippen LogP contribution >= 0.6 is 11.8 Å². The number of rotatable bonds is 5. The smallest absolute Gasteiger partial charge is 0.249 e. The highest BCUT2D eigenvalue weighted by atomic mass is 32.2. The van der Waals surface area contributed by atoms with Gasteiger partial charge >= 0.3 is 0 Å². The van der Waals surface area contributed by atoms with Gasteiger partial charge < -0.3 is 14.4 Å². The second-order valence-corrected chi connectivity index (χ2v) is 10.1. The number of piperidine rings is 1. The van der Waals surface area contributed by atoms with E-state index in [4.69, 9.17) is 4.99 Å². The minimum atomic E-state index is -0.0411. The quantitative estimate of drug-likeness (QED) is 0.621. The number of aliphatic imine (C=N–C) groups is 2. The summed E-state index contributed by atoms with van der Waals surface area (Å²) in [6, 6.07) is 10.6. The molecule has 3 aliphatic heterocycles. The number of hydrogen-bond acceptors (Lipinski definition) is 5. The van der Waals surface area contributed by atoms with E-state index in [1.165, 1.54) is 43.6 Å². The summed E-state index contributed by atoms with van der Waals surface area (Å²) in [5, 5.41) is 0.927. The van der Waals surface area contributed by atoms with Crippen LogP contribution in [0.3, 0.4) is 0 Å². The molecule has 33 heavy (non-hydrogen) atoms. The fourth-order valence-electron chi connectivity index (χ4n) is 5.45. The average molecular weight is 464 g/mol. The van der Waals surface area contributed by atoms with Crippen molar-refractivity contribution < 1.29 is 4.79 Å². The first kappa shape index (κ1) is 22.4. The van der Waals surface area contributed by atoms with Crippen LogP contribution in [0.5, 0.6) is 0 Å². The molecule has 1 amide bonds. The molecule has 174 valence electrons. The second kappa shape index (κ2) is 9.47. The van der Waals surface area contributed by atoms with E-state index in [2.05, 4.69) is 69.8 Å². The maximum absolute atomic E-state index is 12.5. The van der Waals surface area contributed by atoms with Crippen molar-refractivity contribution in [2.24, 2.45) is 9.98 Å². The lowest BCUT2D eigenvalue weighted by atomic mass is 10.0. The zero-order valence-electron chi connectivity index (χ0n) is 19.9. The lowest BCUT2D eigenvalue weighted by molar-refractivity contribution is -0.118. The van der Waals surface area contributed by atoms with Crippen molar-refractivity contribution in [1.29, 1.82) is 0 Å². The number of nitrogens with zero attached hydrogens (tertiary/aromatic N) is 5. The minimum Gasteiger partial charge on any atom is -0.325 e. The molecular weight excluding hydrogens is 430 g/mol. The van der Waals surface area contributed by atoms with Gasteiger partial charge in [-0.1, -0.05) is 48.5 Å². The molecule has 7 heteroatoms. The van der Waals surface area contributed by atoms with Gasteiger partial charge in [-0.25, -0.2) is 4.99 Å². The average Bonchev–Trinajstić information content (AvgIpc) is 3.11. The highest BCUT2D eigenvalue weighted by molar-refractivity contribution is 8.13. The number of amidine groups is 2. The van der Waals surface area contributed by atoms with Crippen LogP contribution in [0.25, 0.3) is 11.3 Å². The Kier molecular flexibility index (Phi) is 6.43. The molecule has 3 aliphatic rings. The molecule has 1 saturated heterocycles. The molecule has 0 spiro atoms. The Bertz CT molecular complexity index is 1100. The Hall–Kier alpha value is -2.38. The topological polar surface area (TPSA) is 53.2 Å². The van der Waals surface area contributed by atoms with Crippen molar-refractivity contribution in [2.45, 2.75) is 58.5 Å². The molecule has 6 nitrogen and oxygen atoms in total. The van der Waals surface area contributed by atoms with Crippen LogP contribution in [0.4, 0.5) is 5.82 Å². The van der Waals surface area contributed by atoms with Gasteiger partial charge in [0.05, 0.1) is 11.3 Å². The second-order valence-electron chi connectivity index (χ2n) is 9.30. The number of hydrogen-bond donors (Lipinski definition) is 0. The molecule has 1 unspecified atom stereocenters. The van der Waals surface area contributed by atoms with E-state index < -0.39 is 0 Å². The standard InChI is InChI=1S/C26H33N5OS/c1-18-17-21(32)27-25-22-19(2)23(20-11-6-4-7-12-20)30(24(22)28-26(33-3)31(18)25)16-10-15-29-13-8-5-9-14-29/h4,6-7,11-12,18H,5,8-10,13-17H2,1-3H3. The number of carbonyl (C=O) groups is 1. The molecule has 0 bridgehead atoms. The van der Waals surface area contributed by atoms with Crippen molar-refractivity contribution in [3.63, 3.8) is 0 Å². The van der Waals surface area contributed by atoms with Crippen molar-refractivity contribution in [3.05, 3.63) is 41.5 Å². The van der Waals surface area contributed by atoms with E-state index in [1.54, 1.807) is 11.8 Å². The van der Waals surface area contributed by atoms with Gasteiger partial charge in [0.2, 0.25) is 5.91 Å². The summed E-state index contributed by atoms with van der Waals surface area (Å²) in [4.78, 5) is 26.9. The molecule has 5 rings (SSSR count). The Morgan fingerprint density at radius 1 is 1.06 bits per heavy atom. The summed E-state index contributed by atoms with van der Waals surface area (Å²) >= 11 is 1.63. The first-order chi connectivity index (χ1) is 16.1. The normalized spacial score (nSPS) is 20.9. The van der Waals surface area contributed by atoms with E-state index >= 15 is 0 Å². The van der Waals surface area contributed by atoms with Gasteiger partial charge in [-0.3, -0.25) is 4.79 Å². The van der Waals surface area contributed by atoms with E-state index in [0.29, 0.717) is 6.42 Å². The molecule has 0 saturated carbocycles.